The Morgan fingerprint density at radius 3 is 2.35 bits per heavy atom. The molecule has 0 aliphatic carbocycles. The van der Waals surface area contributed by atoms with Crippen LogP contribution in [0.2, 0.25) is 0 Å². The van der Waals surface area contributed by atoms with E-state index in [1.807, 2.05) is 33.8 Å². The molecule has 6 heteroatoms. The third-order valence-electron chi connectivity index (χ3n) is 3.94. The van der Waals surface area contributed by atoms with Gasteiger partial charge >= 0.3 is 7.12 Å². The van der Waals surface area contributed by atoms with Crippen molar-refractivity contribution in [3.8, 4) is 11.9 Å². The highest BCUT2D eigenvalue weighted by atomic mass is 16.7. The molecule has 0 spiro atoms. The normalized spacial score (nSPS) is 19.7. The lowest BCUT2D eigenvalue weighted by atomic mass is 9.80. The first-order valence-corrected chi connectivity index (χ1v) is 6.57. The van der Waals surface area contributed by atoms with E-state index in [0.717, 1.165) is 5.56 Å². The summed E-state index contributed by atoms with van der Waals surface area (Å²) < 4.78 is 17.1. The predicted molar refractivity (Wildman–Crippen MR) is 75.8 cm³/mol. The fraction of sp³-hybridized carbons (Fsp3) is 0.571. The molecule has 5 nitrogen and oxygen atoms in total. The Kier molecular flexibility index (Phi) is 3.76. The molecule has 20 heavy (non-hydrogen) atoms. The van der Waals surface area contributed by atoms with Crippen molar-refractivity contribution < 1.29 is 14.0 Å². The van der Waals surface area contributed by atoms with Crippen LogP contribution in [0.5, 0.6) is 5.88 Å². The fourth-order valence-electron chi connectivity index (χ4n) is 1.99. The Balaban J connectivity index is 2.40. The van der Waals surface area contributed by atoms with Crippen molar-refractivity contribution in [2.24, 2.45) is 0 Å². The number of rotatable bonds is 3. The van der Waals surface area contributed by atoms with Crippen molar-refractivity contribution in [2.75, 3.05) is 7.11 Å². The lowest BCUT2D eigenvalue weighted by Crippen LogP contribution is -2.41. The van der Waals surface area contributed by atoms with Gasteiger partial charge in [-0.05, 0) is 33.3 Å². The molecule has 0 bridgehead atoms. The first-order chi connectivity index (χ1) is 9.30. The molecule has 0 radical (unpaired) electrons. The average molecular weight is 274 g/mol. The van der Waals surface area contributed by atoms with Crippen LogP contribution in [0, 0.1) is 11.3 Å². The fourth-order valence-corrected chi connectivity index (χ4v) is 1.99. The van der Waals surface area contributed by atoms with Crippen molar-refractivity contribution in [3.63, 3.8) is 0 Å². The minimum absolute atomic E-state index is 0.260. The minimum Gasteiger partial charge on any atom is -0.481 e. The van der Waals surface area contributed by atoms with Crippen molar-refractivity contribution in [3.05, 3.63) is 17.7 Å². The number of pyridine rings is 1. The quantitative estimate of drug-likeness (QED) is 0.781. The second-order valence-electron chi connectivity index (χ2n) is 5.82. The third kappa shape index (κ3) is 2.51. The molecule has 2 rings (SSSR count). The van der Waals surface area contributed by atoms with Crippen LogP contribution in [0.3, 0.4) is 0 Å². The summed E-state index contributed by atoms with van der Waals surface area (Å²) in [6.45, 7) is 7.93. The summed E-state index contributed by atoms with van der Waals surface area (Å²) in [7, 11) is 0.971. The van der Waals surface area contributed by atoms with E-state index in [2.05, 4.69) is 11.1 Å². The van der Waals surface area contributed by atoms with Crippen LogP contribution in [0.4, 0.5) is 0 Å². The number of nitrogens with zero attached hydrogens (tertiary/aromatic N) is 2. The zero-order valence-electron chi connectivity index (χ0n) is 12.6. The molecule has 1 fully saturated rings. The van der Waals surface area contributed by atoms with Gasteiger partial charge in [-0.1, -0.05) is 6.07 Å². The monoisotopic (exact) mass is 274 g/mol. The average Bonchev–Trinajstić information content (AvgIpc) is 2.59. The molecule has 1 aliphatic heterocycles. The number of nitriles is 1. The molecule has 1 aliphatic rings. The second kappa shape index (κ2) is 5.08. The Morgan fingerprint density at radius 1 is 1.25 bits per heavy atom. The van der Waals surface area contributed by atoms with Crippen LogP contribution >= 0.6 is 0 Å². The number of aromatic nitrogens is 1. The van der Waals surface area contributed by atoms with Crippen LogP contribution in [0.15, 0.2) is 12.1 Å². The van der Waals surface area contributed by atoms with Gasteiger partial charge in [-0.25, -0.2) is 4.98 Å². The van der Waals surface area contributed by atoms with Crippen molar-refractivity contribution >= 4 is 12.7 Å². The van der Waals surface area contributed by atoms with Gasteiger partial charge in [0.1, 0.15) is 0 Å². The second-order valence-corrected chi connectivity index (χ2v) is 5.82. The molecule has 0 saturated carbocycles. The lowest BCUT2D eigenvalue weighted by molar-refractivity contribution is 0.00578. The van der Waals surface area contributed by atoms with Crippen LogP contribution in [0.1, 0.15) is 33.3 Å². The van der Waals surface area contributed by atoms with E-state index in [1.165, 1.54) is 0 Å². The number of hydrogen-bond donors (Lipinski definition) is 0. The van der Waals surface area contributed by atoms with Crippen molar-refractivity contribution in [1.82, 2.24) is 4.98 Å². The maximum Gasteiger partial charge on any atom is 0.515 e. The molecule has 0 atom stereocenters. The van der Waals surface area contributed by atoms with Gasteiger partial charge in [-0.2, -0.15) is 5.26 Å². The molecule has 1 aromatic rings. The van der Waals surface area contributed by atoms with Gasteiger partial charge in [-0.3, -0.25) is 0 Å². The molecule has 1 saturated heterocycles. The zero-order chi connectivity index (χ0) is 15.0. The SMILES string of the molecule is COc1ccc(CC#N)c(B2OC(C)(C)C(C)(C)O2)n1. The molecular formula is C14H19BN2O3. The Bertz CT molecular complexity index is 536. The van der Waals surface area contributed by atoms with E-state index in [0.29, 0.717) is 11.5 Å². The first kappa shape index (κ1) is 14.8. The summed E-state index contributed by atoms with van der Waals surface area (Å²) in [5, 5.41) is 8.93. The van der Waals surface area contributed by atoms with Gasteiger partial charge in [0.05, 0.1) is 36.4 Å². The van der Waals surface area contributed by atoms with Gasteiger partial charge in [-0.15, -0.1) is 0 Å². The Morgan fingerprint density at radius 2 is 1.85 bits per heavy atom. The summed E-state index contributed by atoms with van der Waals surface area (Å²) in [4.78, 5) is 4.40. The smallest absolute Gasteiger partial charge is 0.481 e. The van der Waals surface area contributed by atoms with E-state index < -0.39 is 18.3 Å². The largest absolute Gasteiger partial charge is 0.515 e. The predicted octanol–water partition coefficient (Wildman–Crippen LogP) is 1.46. The van der Waals surface area contributed by atoms with E-state index in [-0.39, 0.29) is 6.42 Å². The van der Waals surface area contributed by atoms with E-state index in [9.17, 15) is 0 Å². The molecular weight excluding hydrogens is 255 g/mol. The van der Waals surface area contributed by atoms with Crippen LogP contribution < -0.4 is 10.3 Å². The van der Waals surface area contributed by atoms with Gasteiger partial charge < -0.3 is 14.0 Å². The molecule has 0 aromatic carbocycles. The number of hydrogen-bond acceptors (Lipinski definition) is 5. The van der Waals surface area contributed by atoms with E-state index in [1.54, 1.807) is 13.2 Å². The van der Waals surface area contributed by atoms with E-state index in [4.69, 9.17) is 19.3 Å². The van der Waals surface area contributed by atoms with Gasteiger partial charge in [0.15, 0.2) is 0 Å². The molecule has 2 heterocycles. The lowest BCUT2D eigenvalue weighted by Gasteiger charge is -2.32. The number of methoxy groups -OCH3 is 1. The van der Waals surface area contributed by atoms with Crippen LogP contribution in [-0.2, 0) is 15.7 Å². The third-order valence-corrected chi connectivity index (χ3v) is 3.94. The Labute approximate surface area is 120 Å². The zero-order valence-corrected chi connectivity index (χ0v) is 12.6. The van der Waals surface area contributed by atoms with Crippen molar-refractivity contribution in [2.45, 2.75) is 45.3 Å². The van der Waals surface area contributed by atoms with Crippen LogP contribution in [-0.4, -0.2) is 30.4 Å². The van der Waals surface area contributed by atoms with Gasteiger partial charge in [0, 0.05) is 6.07 Å². The topological polar surface area (TPSA) is 64.4 Å². The summed E-state index contributed by atoms with van der Waals surface area (Å²) in [5.74, 6) is 0.483. The first-order valence-electron chi connectivity index (χ1n) is 6.57. The summed E-state index contributed by atoms with van der Waals surface area (Å²) in [5.41, 5.74) is 0.537. The standard InChI is InChI=1S/C14H19BN2O3/c1-13(2)14(3,4)20-15(19-13)12-10(8-9-16)6-7-11(17-12)18-5/h6-7H,8H2,1-5H3. The molecule has 0 N–H and O–H groups in total. The minimum atomic E-state index is -0.585. The highest BCUT2D eigenvalue weighted by Crippen LogP contribution is 2.36. The summed E-state index contributed by atoms with van der Waals surface area (Å²) in [6, 6.07) is 5.70. The Hall–Kier alpha value is -1.58. The maximum absolute atomic E-state index is 8.93. The van der Waals surface area contributed by atoms with Crippen LogP contribution in [0.25, 0.3) is 0 Å². The van der Waals surface area contributed by atoms with Gasteiger partial charge in [0.25, 0.3) is 0 Å². The highest BCUT2D eigenvalue weighted by molar-refractivity contribution is 6.61. The molecule has 0 amide bonds. The molecule has 0 unspecified atom stereocenters. The summed E-state index contributed by atoms with van der Waals surface area (Å²) >= 11 is 0. The maximum atomic E-state index is 8.93. The van der Waals surface area contributed by atoms with Gasteiger partial charge in [0.2, 0.25) is 5.88 Å². The molecule has 1 aromatic heterocycles. The number of ether oxygens (including phenoxy) is 1. The van der Waals surface area contributed by atoms with Crippen molar-refractivity contribution in [1.29, 1.82) is 5.26 Å². The summed E-state index contributed by atoms with van der Waals surface area (Å²) in [6.07, 6.45) is 0.260. The molecule has 106 valence electrons. The highest BCUT2D eigenvalue weighted by Gasteiger charge is 2.53. The van der Waals surface area contributed by atoms with E-state index >= 15 is 0 Å².